The van der Waals surface area contributed by atoms with Crippen LogP contribution in [0.1, 0.15) is 62.5 Å². The van der Waals surface area contributed by atoms with Gasteiger partial charge in [0.05, 0.1) is 16.6 Å². The van der Waals surface area contributed by atoms with Crippen molar-refractivity contribution in [3.05, 3.63) is 44.7 Å². The molecule has 118 valence electrons. The van der Waals surface area contributed by atoms with Crippen molar-refractivity contribution in [1.29, 1.82) is 5.26 Å². The molecule has 0 bridgehead atoms. The van der Waals surface area contributed by atoms with E-state index in [9.17, 15) is 10.1 Å². The summed E-state index contributed by atoms with van der Waals surface area (Å²) < 4.78 is 0. The number of ketones is 1. The summed E-state index contributed by atoms with van der Waals surface area (Å²) in [4.78, 5) is 23.4. The summed E-state index contributed by atoms with van der Waals surface area (Å²) in [5, 5.41) is 9.51. The second-order valence-corrected chi connectivity index (χ2v) is 7.16. The Bertz CT molecular complexity index is 744. The fourth-order valence-electron chi connectivity index (χ4n) is 3.08. The number of carbonyl (C=O) groups excluding carboxylic acids is 1. The van der Waals surface area contributed by atoms with Gasteiger partial charge in [0, 0.05) is 10.6 Å². The Balaban J connectivity index is 1.93. The molecule has 4 nitrogen and oxygen atoms in total. The van der Waals surface area contributed by atoms with Crippen molar-refractivity contribution < 1.29 is 4.79 Å². The number of nitrogens with zero attached hydrogens (tertiary/aromatic N) is 3. The van der Waals surface area contributed by atoms with E-state index in [0.717, 1.165) is 18.5 Å². The summed E-state index contributed by atoms with van der Waals surface area (Å²) >= 11 is 1.56. The van der Waals surface area contributed by atoms with Gasteiger partial charge in [-0.05, 0) is 57.2 Å². The molecule has 3 rings (SSSR count). The number of aromatic nitrogens is 2. The Morgan fingerprint density at radius 1 is 1.22 bits per heavy atom. The van der Waals surface area contributed by atoms with Gasteiger partial charge in [0.25, 0.3) is 0 Å². The van der Waals surface area contributed by atoms with Crippen molar-refractivity contribution in [2.24, 2.45) is 0 Å². The smallest absolute Gasteiger partial charge is 0.195 e. The van der Waals surface area contributed by atoms with Crippen LogP contribution in [0, 0.1) is 25.2 Å². The lowest BCUT2D eigenvalue weighted by Crippen LogP contribution is -2.13. The molecular weight excluding hydrogens is 306 g/mol. The maximum absolute atomic E-state index is 12.8. The zero-order valence-electron chi connectivity index (χ0n) is 13.4. The van der Waals surface area contributed by atoms with Gasteiger partial charge >= 0.3 is 0 Å². The molecule has 5 heteroatoms. The number of Topliss-reactive ketones (excluding diaryl/α,β-unsaturated/α-hetero) is 1. The van der Waals surface area contributed by atoms with Gasteiger partial charge in [-0.3, -0.25) is 4.79 Å². The molecule has 0 radical (unpaired) electrons. The van der Waals surface area contributed by atoms with E-state index in [0.29, 0.717) is 16.4 Å². The van der Waals surface area contributed by atoms with E-state index in [1.165, 1.54) is 29.7 Å². The molecule has 0 saturated carbocycles. The second kappa shape index (κ2) is 6.59. The van der Waals surface area contributed by atoms with Gasteiger partial charge in [0.2, 0.25) is 0 Å². The normalized spacial score (nSPS) is 15.3. The Kier molecular flexibility index (Phi) is 4.53. The van der Waals surface area contributed by atoms with E-state index < -0.39 is 5.92 Å². The first-order valence-corrected chi connectivity index (χ1v) is 8.77. The van der Waals surface area contributed by atoms with Gasteiger partial charge in [-0.1, -0.05) is 6.42 Å². The molecule has 23 heavy (non-hydrogen) atoms. The van der Waals surface area contributed by atoms with Crippen LogP contribution >= 0.6 is 11.3 Å². The summed E-state index contributed by atoms with van der Waals surface area (Å²) in [6, 6.07) is 5.86. The van der Waals surface area contributed by atoms with E-state index >= 15 is 0 Å². The molecule has 2 aromatic heterocycles. The third-order valence-electron chi connectivity index (χ3n) is 4.16. The van der Waals surface area contributed by atoms with E-state index in [1.807, 2.05) is 13.0 Å². The molecular formula is C18H19N3OS. The average Bonchev–Trinajstić information content (AvgIpc) is 2.78. The molecule has 0 saturated heterocycles. The molecule has 1 aliphatic rings. The zero-order chi connectivity index (χ0) is 16.4. The quantitative estimate of drug-likeness (QED) is 0.634. The molecule has 2 heterocycles. The molecule has 0 fully saturated rings. The highest BCUT2D eigenvalue weighted by molar-refractivity contribution is 7.14. The first-order chi connectivity index (χ1) is 11.1. The van der Waals surface area contributed by atoms with E-state index in [-0.39, 0.29) is 5.78 Å². The summed E-state index contributed by atoms with van der Waals surface area (Å²) in [5.74, 6) is -0.393. The van der Waals surface area contributed by atoms with Crippen LogP contribution in [-0.2, 0) is 12.8 Å². The Morgan fingerprint density at radius 3 is 2.74 bits per heavy atom. The maximum atomic E-state index is 12.8. The molecule has 0 aromatic carbocycles. The fourth-order valence-corrected chi connectivity index (χ4v) is 4.31. The van der Waals surface area contributed by atoms with E-state index in [1.54, 1.807) is 24.3 Å². The summed E-state index contributed by atoms with van der Waals surface area (Å²) in [6.45, 7) is 3.63. The van der Waals surface area contributed by atoms with Crippen molar-refractivity contribution in [3.63, 3.8) is 0 Å². The Morgan fingerprint density at radius 2 is 2.00 bits per heavy atom. The number of nitriles is 1. The number of carbonyl (C=O) groups is 1. The third kappa shape index (κ3) is 3.32. The minimum Gasteiger partial charge on any atom is -0.291 e. The van der Waals surface area contributed by atoms with Crippen molar-refractivity contribution in [1.82, 2.24) is 9.97 Å². The van der Waals surface area contributed by atoms with Gasteiger partial charge < -0.3 is 0 Å². The lowest BCUT2D eigenvalue weighted by Gasteiger charge is -2.08. The SMILES string of the molecule is Cc1cc([C@@H](C#N)C(=O)c2cc3c(s2)CCCCC3)nc(C)n1. The topological polar surface area (TPSA) is 66.6 Å². The van der Waals surface area contributed by atoms with Crippen molar-refractivity contribution in [2.45, 2.75) is 51.9 Å². The molecule has 0 aliphatic heterocycles. The molecule has 0 spiro atoms. The van der Waals surface area contributed by atoms with Gasteiger partial charge in [0.1, 0.15) is 5.82 Å². The predicted molar refractivity (Wildman–Crippen MR) is 89.8 cm³/mol. The summed E-state index contributed by atoms with van der Waals surface area (Å²) in [5.41, 5.74) is 2.58. The number of aryl methyl sites for hydroxylation is 4. The van der Waals surface area contributed by atoms with Crippen molar-refractivity contribution in [2.75, 3.05) is 0 Å². The summed E-state index contributed by atoms with van der Waals surface area (Å²) in [6.07, 6.45) is 5.72. The van der Waals surface area contributed by atoms with Crippen LogP contribution in [0.4, 0.5) is 0 Å². The molecule has 1 aliphatic carbocycles. The number of fused-ring (bicyclic) bond motifs is 1. The van der Waals surface area contributed by atoms with E-state index in [4.69, 9.17) is 0 Å². The minimum absolute atomic E-state index is 0.136. The first-order valence-electron chi connectivity index (χ1n) is 7.96. The van der Waals surface area contributed by atoms with Crippen LogP contribution in [-0.4, -0.2) is 15.8 Å². The summed E-state index contributed by atoms with van der Waals surface area (Å²) in [7, 11) is 0. The van der Waals surface area contributed by atoms with Crippen LogP contribution in [0.2, 0.25) is 0 Å². The Hall–Kier alpha value is -2.06. The molecule has 0 amide bonds. The Labute approximate surface area is 140 Å². The molecule has 0 N–H and O–H groups in total. The molecule has 2 aromatic rings. The maximum Gasteiger partial charge on any atom is 0.195 e. The van der Waals surface area contributed by atoms with E-state index in [2.05, 4.69) is 16.0 Å². The number of hydrogen-bond acceptors (Lipinski definition) is 5. The largest absolute Gasteiger partial charge is 0.291 e. The predicted octanol–water partition coefficient (Wildman–Crippen LogP) is 3.91. The monoisotopic (exact) mass is 325 g/mol. The lowest BCUT2D eigenvalue weighted by molar-refractivity contribution is 0.0981. The number of hydrogen-bond donors (Lipinski definition) is 0. The lowest BCUT2D eigenvalue weighted by atomic mass is 9.99. The molecule has 1 atom stereocenters. The van der Waals surface area contributed by atoms with Crippen LogP contribution in [0.5, 0.6) is 0 Å². The first kappa shape index (κ1) is 15.8. The standard InChI is InChI=1S/C18H19N3OS/c1-11-8-15(21-12(2)20-11)14(10-19)18(22)17-9-13-6-4-3-5-7-16(13)23-17/h8-9,14H,3-7H2,1-2H3/t14-/m1/s1. The zero-order valence-corrected chi connectivity index (χ0v) is 14.2. The van der Waals surface area contributed by atoms with Crippen LogP contribution < -0.4 is 0 Å². The van der Waals surface area contributed by atoms with Crippen molar-refractivity contribution in [3.8, 4) is 6.07 Å². The van der Waals surface area contributed by atoms with Gasteiger partial charge in [-0.15, -0.1) is 11.3 Å². The van der Waals surface area contributed by atoms with Gasteiger partial charge in [-0.2, -0.15) is 5.26 Å². The average molecular weight is 325 g/mol. The number of rotatable bonds is 3. The third-order valence-corrected chi connectivity index (χ3v) is 5.41. The van der Waals surface area contributed by atoms with Crippen LogP contribution in [0.25, 0.3) is 0 Å². The molecule has 0 unspecified atom stereocenters. The number of thiophene rings is 1. The highest BCUT2D eigenvalue weighted by Gasteiger charge is 2.26. The van der Waals surface area contributed by atoms with Crippen LogP contribution in [0.3, 0.4) is 0 Å². The minimum atomic E-state index is -0.849. The highest BCUT2D eigenvalue weighted by atomic mass is 32.1. The van der Waals surface area contributed by atoms with Gasteiger partial charge in [-0.25, -0.2) is 9.97 Å². The van der Waals surface area contributed by atoms with Crippen molar-refractivity contribution >= 4 is 17.1 Å². The van der Waals surface area contributed by atoms with Crippen LogP contribution in [0.15, 0.2) is 12.1 Å². The highest BCUT2D eigenvalue weighted by Crippen LogP contribution is 2.32. The fraction of sp³-hybridized carbons (Fsp3) is 0.444. The second-order valence-electron chi connectivity index (χ2n) is 6.03. The van der Waals surface area contributed by atoms with Gasteiger partial charge in [0.15, 0.2) is 11.7 Å².